The molecule has 1 saturated heterocycles. The molecule has 1 aliphatic heterocycles. The van der Waals surface area contributed by atoms with Crippen LogP contribution >= 0.6 is 11.6 Å². The van der Waals surface area contributed by atoms with Crippen LogP contribution in [0.1, 0.15) is 43.5 Å². The molecule has 2 atom stereocenters. The molecule has 1 aromatic rings. The van der Waals surface area contributed by atoms with Crippen LogP contribution in [0.2, 0.25) is 5.02 Å². The zero-order valence-electron chi connectivity index (χ0n) is 16.1. The smallest absolute Gasteiger partial charge is 0.251 e. The fourth-order valence-electron chi connectivity index (χ4n) is 3.27. The molecule has 1 aromatic carbocycles. The summed E-state index contributed by atoms with van der Waals surface area (Å²) in [6.07, 6.45) is 2.06. The molecule has 7 heteroatoms. The van der Waals surface area contributed by atoms with E-state index in [1.807, 2.05) is 13.8 Å². The van der Waals surface area contributed by atoms with Crippen molar-refractivity contribution >= 4 is 29.3 Å². The molecule has 1 fully saturated rings. The lowest BCUT2D eigenvalue weighted by atomic mass is 9.93. The van der Waals surface area contributed by atoms with Crippen molar-refractivity contribution < 1.29 is 14.4 Å². The number of halogens is 1. The van der Waals surface area contributed by atoms with E-state index in [-0.39, 0.29) is 29.6 Å². The van der Waals surface area contributed by atoms with Gasteiger partial charge in [-0.3, -0.25) is 14.4 Å². The van der Waals surface area contributed by atoms with Crippen LogP contribution < -0.4 is 10.6 Å². The highest BCUT2D eigenvalue weighted by atomic mass is 35.5. The Bertz CT molecular complexity index is 670. The van der Waals surface area contributed by atoms with Gasteiger partial charge >= 0.3 is 0 Å². The van der Waals surface area contributed by atoms with E-state index in [4.69, 9.17) is 11.6 Å². The largest absolute Gasteiger partial charge is 0.359 e. The van der Waals surface area contributed by atoms with Crippen molar-refractivity contribution in [3.05, 3.63) is 34.9 Å². The lowest BCUT2D eigenvalue weighted by molar-refractivity contribution is -0.138. The maximum absolute atomic E-state index is 13.1. The van der Waals surface area contributed by atoms with Crippen molar-refractivity contribution in [3.63, 3.8) is 0 Å². The van der Waals surface area contributed by atoms with E-state index in [9.17, 15) is 14.4 Å². The third-order valence-corrected chi connectivity index (χ3v) is 5.55. The summed E-state index contributed by atoms with van der Waals surface area (Å²) in [7, 11) is 1.63. The first-order chi connectivity index (χ1) is 12.9. The number of amides is 3. The second-order valence-electron chi connectivity index (χ2n) is 7.06. The molecule has 0 aromatic heterocycles. The van der Waals surface area contributed by atoms with Crippen LogP contribution in [0, 0.1) is 11.8 Å². The first kappa shape index (κ1) is 21.2. The summed E-state index contributed by atoms with van der Waals surface area (Å²) in [5.41, 5.74) is 0.471. The monoisotopic (exact) mass is 393 g/mol. The fourth-order valence-corrected chi connectivity index (χ4v) is 3.40. The summed E-state index contributed by atoms with van der Waals surface area (Å²) < 4.78 is 0. The highest BCUT2D eigenvalue weighted by molar-refractivity contribution is 6.30. The number of carbonyl (C=O) groups is 3. The molecule has 2 unspecified atom stereocenters. The summed E-state index contributed by atoms with van der Waals surface area (Å²) in [6, 6.07) is 6.00. The van der Waals surface area contributed by atoms with E-state index in [0.29, 0.717) is 36.5 Å². The zero-order valence-corrected chi connectivity index (χ0v) is 16.9. The fraction of sp³-hybridized carbons (Fsp3) is 0.550. The molecule has 0 aliphatic carbocycles. The molecule has 148 valence electrons. The van der Waals surface area contributed by atoms with Crippen LogP contribution in [0.4, 0.5) is 0 Å². The van der Waals surface area contributed by atoms with Gasteiger partial charge in [-0.05, 0) is 43.0 Å². The average molecular weight is 394 g/mol. The molecule has 3 amide bonds. The molecule has 0 spiro atoms. The Morgan fingerprint density at radius 3 is 2.30 bits per heavy atom. The van der Waals surface area contributed by atoms with Gasteiger partial charge in [0, 0.05) is 36.6 Å². The minimum Gasteiger partial charge on any atom is -0.359 e. The molecule has 1 aliphatic rings. The quantitative estimate of drug-likeness (QED) is 0.779. The molecule has 2 N–H and O–H groups in total. The zero-order chi connectivity index (χ0) is 20.0. The lowest BCUT2D eigenvalue weighted by Gasteiger charge is -2.35. The summed E-state index contributed by atoms with van der Waals surface area (Å²) in [4.78, 5) is 39.2. The second kappa shape index (κ2) is 9.74. The van der Waals surface area contributed by atoms with Gasteiger partial charge in [-0.25, -0.2) is 0 Å². The highest BCUT2D eigenvalue weighted by Crippen LogP contribution is 2.20. The molecule has 0 radical (unpaired) electrons. The first-order valence-corrected chi connectivity index (χ1v) is 9.82. The van der Waals surface area contributed by atoms with E-state index < -0.39 is 6.04 Å². The summed E-state index contributed by atoms with van der Waals surface area (Å²) in [6.45, 7) is 5.01. The Morgan fingerprint density at radius 2 is 1.78 bits per heavy atom. The number of piperidine rings is 1. The number of benzene rings is 1. The van der Waals surface area contributed by atoms with Crippen molar-refractivity contribution in [2.24, 2.45) is 11.8 Å². The minimum atomic E-state index is -0.588. The van der Waals surface area contributed by atoms with Gasteiger partial charge in [0.2, 0.25) is 11.8 Å². The van der Waals surface area contributed by atoms with E-state index in [1.165, 1.54) is 0 Å². The number of hydrogen-bond acceptors (Lipinski definition) is 3. The Hall–Kier alpha value is -2.08. The predicted octanol–water partition coefficient (Wildman–Crippen LogP) is 2.47. The summed E-state index contributed by atoms with van der Waals surface area (Å²) in [5.74, 6) is -0.389. The maximum Gasteiger partial charge on any atom is 0.251 e. The van der Waals surface area contributed by atoms with Crippen molar-refractivity contribution in [2.45, 2.75) is 39.2 Å². The maximum atomic E-state index is 13.1. The summed E-state index contributed by atoms with van der Waals surface area (Å²) >= 11 is 5.87. The summed E-state index contributed by atoms with van der Waals surface area (Å²) in [5, 5.41) is 6.12. The normalized spacial score (nSPS) is 17.1. The van der Waals surface area contributed by atoms with Gasteiger partial charge < -0.3 is 15.5 Å². The third kappa shape index (κ3) is 5.45. The first-order valence-electron chi connectivity index (χ1n) is 9.44. The predicted molar refractivity (Wildman–Crippen MR) is 106 cm³/mol. The van der Waals surface area contributed by atoms with Gasteiger partial charge in [0.15, 0.2) is 0 Å². The van der Waals surface area contributed by atoms with Crippen LogP contribution in [0.15, 0.2) is 24.3 Å². The number of nitrogens with one attached hydrogen (secondary N) is 2. The van der Waals surface area contributed by atoms with Gasteiger partial charge in [0.05, 0.1) is 0 Å². The number of nitrogens with zero attached hydrogens (tertiary/aromatic N) is 1. The van der Waals surface area contributed by atoms with E-state index in [1.54, 1.807) is 36.2 Å². The van der Waals surface area contributed by atoms with Gasteiger partial charge in [-0.2, -0.15) is 0 Å². The van der Waals surface area contributed by atoms with Gasteiger partial charge in [0.25, 0.3) is 5.91 Å². The molecular formula is C20H28ClN3O3. The minimum absolute atomic E-state index is 0.00501. The van der Waals surface area contributed by atoms with Crippen molar-refractivity contribution in [1.82, 2.24) is 15.5 Å². The lowest BCUT2D eigenvalue weighted by Crippen LogP contribution is -2.54. The topological polar surface area (TPSA) is 78.5 Å². The molecule has 0 bridgehead atoms. The Labute approximate surface area is 165 Å². The molecule has 6 nitrogen and oxygen atoms in total. The molecular weight excluding hydrogens is 366 g/mol. The Kier molecular flexibility index (Phi) is 7.66. The van der Waals surface area contributed by atoms with E-state index in [2.05, 4.69) is 10.6 Å². The number of carbonyl (C=O) groups excluding carboxylic acids is 3. The molecule has 27 heavy (non-hydrogen) atoms. The highest BCUT2D eigenvalue weighted by Gasteiger charge is 2.33. The number of rotatable bonds is 6. The molecule has 1 heterocycles. The van der Waals surface area contributed by atoms with Crippen molar-refractivity contribution in [3.8, 4) is 0 Å². The Morgan fingerprint density at radius 1 is 1.19 bits per heavy atom. The van der Waals surface area contributed by atoms with Gasteiger partial charge in [-0.1, -0.05) is 31.9 Å². The molecule has 2 rings (SSSR count). The van der Waals surface area contributed by atoms with Gasteiger partial charge in [0.1, 0.15) is 6.04 Å². The van der Waals surface area contributed by atoms with Crippen LogP contribution in [-0.2, 0) is 9.59 Å². The Balaban J connectivity index is 2.05. The number of likely N-dealkylation sites (tertiary alicyclic amines) is 1. The van der Waals surface area contributed by atoms with Crippen LogP contribution in [0.25, 0.3) is 0 Å². The van der Waals surface area contributed by atoms with E-state index in [0.717, 1.165) is 6.42 Å². The second-order valence-corrected chi connectivity index (χ2v) is 7.49. The average Bonchev–Trinajstić information content (AvgIpc) is 2.70. The third-order valence-electron chi connectivity index (χ3n) is 5.30. The van der Waals surface area contributed by atoms with Gasteiger partial charge in [-0.15, -0.1) is 0 Å². The SMILES string of the molecule is CCC(C)C(NC(=O)c1ccc(Cl)cc1)C(=O)N1CCC(C(=O)NC)CC1. The van der Waals surface area contributed by atoms with Crippen LogP contribution in [0.3, 0.4) is 0 Å². The van der Waals surface area contributed by atoms with Crippen molar-refractivity contribution in [1.29, 1.82) is 0 Å². The van der Waals surface area contributed by atoms with Crippen LogP contribution in [0.5, 0.6) is 0 Å². The van der Waals surface area contributed by atoms with Crippen LogP contribution in [-0.4, -0.2) is 48.8 Å². The van der Waals surface area contributed by atoms with Crippen molar-refractivity contribution in [2.75, 3.05) is 20.1 Å². The standard InChI is InChI=1S/C20H28ClN3O3/c1-4-13(2)17(23-19(26)14-5-7-16(21)8-6-14)20(27)24-11-9-15(10-12-24)18(25)22-3/h5-8,13,15,17H,4,9-12H2,1-3H3,(H,22,25)(H,23,26). The number of hydrogen-bond donors (Lipinski definition) is 2. The van der Waals surface area contributed by atoms with E-state index >= 15 is 0 Å². The molecule has 0 saturated carbocycles.